The van der Waals surface area contributed by atoms with E-state index in [4.69, 9.17) is 4.74 Å². The zero-order valence-electron chi connectivity index (χ0n) is 17.3. The summed E-state index contributed by atoms with van der Waals surface area (Å²) in [4.78, 5) is 29.8. The number of fused-ring (bicyclic) bond motifs is 1. The lowest BCUT2D eigenvalue weighted by Crippen LogP contribution is -2.51. The van der Waals surface area contributed by atoms with E-state index in [0.717, 1.165) is 25.7 Å². The molecule has 1 amide bonds. The monoisotopic (exact) mass is 424 g/mol. The first-order valence-electron chi connectivity index (χ1n) is 10.6. The van der Waals surface area contributed by atoms with Gasteiger partial charge in [-0.25, -0.2) is 4.79 Å². The maximum absolute atomic E-state index is 13.5. The molecule has 3 heterocycles. The summed E-state index contributed by atoms with van der Waals surface area (Å²) in [6, 6.07) is 0. The van der Waals surface area contributed by atoms with E-state index in [2.05, 4.69) is 11.8 Å². The molecule has 8 heteroatoms. The van der Waals surface area contributed by atoms with Gasteiger partial charge in [0.1, 0.15) is 5.60 Å². The molecule has 0 aromatic carbocycles. The minimum Gasteiger partial charge on any atom is -0.450 e. The quantitative estimate of drug-likeness (QED) is 0.639. The molecule has 0 aromatic heterocycles. The number of allylic oxidation sites excluding steroid dienone is 3. The molecule has 1 spiro atoms. The second-order valence-corrected chi connectivity index (χ2v) is 8.66. The minimum atomic E-state index is -4.35. The van der Waals surface area contributed by atoms with Gasteiger partial charge in [-0.2, -0.15) is 13.2 Å². The van der Waals surface area contributed by atoms with Crippen LogP contribution in [-0.4, -0.2) is 66.2 Å². The van der Waals surface area contributed by atoms with Crippen LogP contribution in [0.3, 0.4) is 0 Å². The lowest BCUT2D eigenvalue weighted by molar-refractivity contribution is -0.151. The first kappa shape index (κ1) is 21.2. The SMILES string of the molecule is CCN1CCC2(CC1)OC(=O)C(C)=C2C(=O)N1CCC2C=C(C(F)(F)F)C=CC2C1. The van der Waals surface area contributed by atoms with Crippen molar-refractivity contribution in [3.63, 3.8) is 0 Å². The normalized spacial score (nSPS) is 29.2. The van der Waals surface area contributed by atoms with Gasteiger partial charge in [0, 0.05) is 50.5 Å². The molecule has 164 valence electrons. The van der Waals surface area contributed by atoms with Crippen molar-refractivity contribution in [2.45, 2.75) is 44.9 Å². The van der Waals surface area contributed by atoms with Crippen LogP contribution >= 0.6 is 0 Å². The molecule has 2 atom stereocenters. The molecule has 0 saturated carbocycles. The molecular weight excluding hydrogens is 397 g/mol. The van der Waals surface area contributed by atoms with E-state index in [1.165, 1.54) is 6.08 Å². The standard InChI is InChI=1S/C22H27F3N2O3/c1-3-26-10-7-21(8-11-26)18(14(2)20(29)30-21)19(28)27-9-6-15-12-17(22(23,24)25)5-4-16(15)13-27/h4-5,12,15-16H,3,6-11,13H2,1-2H3. The van der Waals surface area contributed by atoms with Crippen molar-refractivity contribution >= 4 is 11.9 Å². The number of amides is 1. The van der Waals surface area contributed by atoms with Crippen molar-refractivity contribution in [1.29, 1.82) is 0 Å². The molecule has 2 unspecified atom stereocenters. The van der Waals surface area contributed by atoms with Gasteiger partial charge in [0.05, 0.1) is 11.1 Å². The minimum absolute atomic E-state index is 0.148. The zero-order chi connectivity index (χ0) is 21.7. The van der Waals surface area contributed by atoms with Gasteiger partial charge in [-0.15, -0.1) is 0 Å². The van der Waals surface area contributed by atoms with Gasteiger partial charge in [0.2, 0.25) is 0 Å². The van der Waals surface area contributed by atoms with Crippen LogP contribution in [0.25, 0.3) is 0 Å². The Labute approximate surface area is 174 Å². The largest absolute Gasteiger partial charge is 0.450 e. The van der Waals surface area contributed by atoms with Gasteiger partial charge in [-0.1, -0.05) is 25.2 Å². The maximum atomic E-state index is 13.5. The highest BCUT2D eigenvalue weighted by Gasteiger charge is 2.52. The highest BCUT2D eigenvalue weighted by atomic mass is 19.4. The third kappa shape index (κ3) is 3.59. The number of ether oxygens (including phenoxy) is 1. The second-order valence-electron chi connectivity index (χ2n) is 8.66. The molecule has 4 rings (SSSR count). The Morgan fingerprint density at radius 3 is 2.57 bits per heavy atom. The van der Waals surface area contributed by atoms with Crippen LogP contribution in [0.1, 0.15) is 33.1 Å². The topological polar surface area (TPSA) is 49.9 Å². The number of carbonyl (C=O) groups excluding carboxylic acids is 2. The number of piperidine rings is 2. The Balaban J connectivity index is 1.52. The molecule has 5 nitrogen and oxygen atoms in total. The third-order valence-corrected chi connectivity index (χ3v) is 6.99. The fourth-order valence-corrected chi connectivity index (χ4v) is 5.14. The summed E-state index contributed by atoms with van der Waals surface area (Å²) in [5, 5.41) is 0. The van der Waals surface area contributed by atoms with Crippen molar-refractivity contribution < 1.29 is 27.5 Å². The average Bonchev–Trinajstić information content (AvgIpc) is 2.96. The number of esters is 1. The number of halogens is 3. The van der Waals surface area contributed by atoms with Crippen molar-refractivity contribution in [3.05, 3.63) is 34.9 Å². The fourth-order valence-electron chi connectivity index (χ4n) is 5.14. The number of hydrogen-bond acceptors (Lipinski definition) is 4. The number of carbonyl (C=O) groups is 2. The number of hydrogen-bond donors (Lipinski definition) is 0. The Morgan fingerprint density at radius 2 is 1.93 bits per heavy atom. The highest BCUT2D eigenvalue weighted by Crippen LogP contribution is 2.43. The Kier molecular flexibility index (Phi) is 5.33. The molecule has 0 aromatic rings. The predicted molar refractivity (Wildman–Crippen MR) is 104 cm³/mol. The van der Waals surface area contributed by atoms with Gasteiger partial charge >= 0.3 is 12.1 Å². The van der Waals surface area contributed by atoms with Crippen LogP contribution in [0, 0.1) is 11.8 Å². The highest BCUT2D eigenvalue weighted by molar-refractivity contribution is 6.07. The number of alkyl halides is 3. The van der Waals surface area contributed by atoms with E-state index in [0.29, 0.717) is 43.5 Å². The molecule has 3 aliphatic heterocycles. The maximum Gasteiger partial charge on any atom is 0.416 e. The third-order valence-electron chi connectivity index (χ3n) is 6.99. The number of likely N-dealkylation sites (tertiary alicyclic amines) is 2. The number of rotatable bonds is 2. The van der Waals surface area contributed by atoms with Crippen LogP contribution in [0.2, 0.25) is 0 Å². The van der Waals surface area contributed by atoms with Crippen molar-refractivity contribution in [3.8, 4) is 0 Å². The molecule has 2 fully saturated rings. The average molecular weight is 424 g/mol. The zero-order valence-corrected chi connectivity index (χ0v) is 17.3. The van der Waals surface area contributed by atoms with E-state index in [1.54, 1.807) is 17.9 Å². The van der Waals surface area contributed by atoms with E-state index in [9.17, 15) is 22.8 Å². The number of nitrogens with zero attached hydrogens (tertiary/aromatic N) is 2. The van der Waals surface area contributed by atoms with Crippen LogP contribution in [0.15, 0.2) is 34.9 Å². The summed E-state index contributed by atoms with van der Waals surface area (Å²) in [7, 11) is 0. The first-order chi connectivity index (χ1) is 14.1. The lowest BCUT2D eigenvalue weighted by atomic mass is 9.79. The smallest absolute Gasteiger partial charge is 0.416 e. The van der Waals surface area contributed by atoms with Gasteiger partial charge in [0.25, 0.3) is 5.91 Å². The molecule has 0 N–H and O–H groups in total. The summed E-state index contributed by atoms with van der Waals surface area (Å²) >= 11 is 0. The van der Waals surface area contributed by atoms with Crippen molar-refractivity contribution in [2.24, 2.45) is 11.8 Å². The molecule has 0 radical (unpaired) electrons. The van der Waals surface area contributed by atoms with Gasteiger partial charge in [-0.05, 0) is 25.8 Å². The molecule has 1 aliphatic carbocycles. The summed E-state index contributed by atoms with van der Waals surface area (Å²) < 4.78 is 44.8. The predicted octanol–water partition coefficient (Wildman–Crippen LogP) is 3.24. The van der Waals surface area contributed by atoms with Gasteiger partial charge in [0.15, 0.2) is 0 Å². The summed E-state index contributed by atoms with van der Waals surface area (Å²) in [6.45, 7) is 6.86. The molecule has 30 heavy (non-hydrogen) atoms. The molecule has 4 aliphatic rings. The van der Waals surface area contributed by atoms with Crippen LogP contribution in [0.4, 0.5) is 13.2 Å². The molecule has 2 saturated heterocycles. The lowest BCUT2D eigenvalue weighted by Gasteiger charge is -2.42. The summed E-state index contributed by atoms with van der Waals surface area (Å²) in [5.74, 6) is -1.02. The van der Waals surface area contributed by atoms with E-state index in [1.807, 2.05) is 0 Å². The fraction of sp³-hybridized carbons (Fsp3) is 0.636. The van der Waals surface area contributed by atoms with Crippen molar-refractivity contribution in [2.75, 3.05) is 32.7 Å². The van der Waals surface area contributed by atoms with Crippen molar-refractivity contribution in [1.82, 2.24) is 9.80 Å². The first-order valence-corrected chi connectivity index (χ1v) is 10.6. The summed E-state index contributed by atoms with van der Waals surface area (Å²) in [5.41, 5.74) is -0.663. The van der Waals surface area contributed by atoms with Crippen LogP contribution in [-0.2, 0) is 14.3 Å². The Bertz CT molecular complexity index is 835. The van der Waals surface area contributed by atoms with Crippen LogP contribution < -0.4 is 0 Å². The second kappa shape index (κ2) is 7.55. The van der Waals surface area contributed by atoms with Gasteiger partial charge in [-0.3, -0.25) is 4.79 Å². The molecule has 0 bridgehead atoms. The van der Waals surface area contributed by atoms with E-state index < -0.39 is 23.3 Å². The van der Waals surface area contributed by atoms with Gasteiger partial charge < -0.3 is 14.5 Å². The molecular formula is C22H27F3N2O3. The Hall–Kier alpha value is -2.09. The Morgan fingerprint density at radius 1 is 1.23 bits per heavy atom. The van der Waals surface area contributed by atoms with E-state index in [-0.39, 0.29) is 17.7 Å². The van der Waals surface area contributed by atoms with E-state index >= 15 is 0 Å². The van der Waals surface area contributed by atoms with Crippen LogP contribution in [0.5, 0.6) is 0 Å². The summed E-state index contributed by atoms with van der Waals surface area (Å²) in [6.07, 6.45) is 1.27.